The largest absolute Gasteiger partial charge is 0.359 e. The van der Waals surface area contributed by atoms with E-state index in [4.69, 9.17) is 27.9 Å². The second kappa shape index (κ2) is 10.0. The first kappa shape index (κ1) is 25.4. The SMILES string of the molecule is O=C(Nc1ccc(Cl)cc1)[C@H]1[C@H]2C=C[C@]3(O2)[C@H](C(=O)NC2CCCCC2)N(Cc2ccc(Cl)cc2)C(=O)[C@@H]13. The molecular weight excluding hydrogens is 525 g/mol. The second-order valence-corrected chi connectivity index (χ2v) is 11.5. The first-order valence-electron chi connectivity index (χ1n) is 13.1. The van der Waals surface area contributed by atoms with Crippen LogP contribution in [0.1, 0.15) is 37.7 Å². The summed E-state index contributed by atoms with van der Waals surface area (Å²) in [6.45, 7) is 0.213. The highest BCUT2D eigenvalue weighted by Crippen LogP contribution is 2.55. The van der Waals surface area contributed by atoms with E-state index in [2.05, 4.69) is 10.6 Å². The molecule has 3 fully saturated rings. The van der Waals surface area contributed by atoms with Crippen molar-refractivity contribution in [3.63, 3.8) is 0 Å². The molecule has 1 saturated carbocycles. The van der Waals surface area contributed by atoms with Gasteiger partial charge in [-0.15, -0.1) is 0 Å². The fourth-order valence-electron chi connectivity index (χ4n) is 6.51. The lowest BCUT2D eigenvalue weighted by Gasteiger charge is -2.34. The van der Waals surface area contributed by atoms with Crippen LogP contribution in [0.3, 0.4) is 0 Å². The van der Waals surface area contributed by atoms with Crippen molar-refractivity contribution in [3.05, 3.63) is 76.3 Å². The summed E-state index contributed by atoms with van der Waals surface area (Å²) in [6, 6.07) is 13.2. The van der Waals surface area contributed by atoms with Crippen LogP contribution in [-0.4, -0.2) is 46.4 Å². The Balaban J connectivity index is 1.32. The number of halogens is 2. The molecule has 4 aliphatic rings. The van der Waals surface area contributed by atoms with Gasteiger partial charge in [-0.2, -0.15) is 0 Å². The normalized spacial score (nSPS) is 29.9. The van der Waals surface area contributed by atoms with Crippen LogP contribution < -0.4 is 10.6 Å². The summed E-state index contributed by atoms with van der Waals surface area (Å²) in [5.41, 5.74) is 0.222. The summed E-state index contributed by atoms with van der Waals surface area (Å²) in [5.74, 6) is -2.37. The number of fused-ring (bicyclic) bond motifs is 1. The zero-order valence-corrected chi connectivity index (χ0v) is 22.3. The summed E-state index contributed by atoms with van der Waals surface area (Å²) >= 11 is 12.1. The fraction of sp³-hybridized carbons (Fsp3) is 0.414. The molecule has 2 bridgehead atoms. The van der Waals surface area contributed by atoms with Gasteiger partial charge in [0.15, 0.2) is 0 Å². The third-order valence-electron chi connectivity index (χ3n) is 8.25. The lowest BCUT2D eigenvalue weighted by atomic mass is 9.74. The second-order valence-electron chi connectivity index (χ2n) is 10.6. The maximum Gasteiger partial charge on any atom is 0.246 e. The fourth-order valence-corrected chi connectivity index (χ4v) is 6.76. The van der Waals surface area contributed by atoms with E-state index in [0.29, 0.717) is 15.7 Å². The molecule has 7 nitrogen and oxygen atoms in total. The van der Waals surface area contributed by atoms with Gasteiger partial charge in [0.2, 0.25) is 17.7 Å². The number of rotatable bonds is 6. The monoisotopic (exact) mass is 553 g/mol. The number of carbonyl (C=O) groups is 3. The van der Waals surface area contributed by atoms with Crippen molar-refractivity contribution in [1.29, 1.82) is 0 Å². The van der Waals surface area contributed by atoms with Gasteiger partial charge in [-0.1, -0.05) is 66.7 Å². The number of hydrogen-bond donors (Lipinski definition) is 2. The average molecular weight is 554 g/mol. The zero-order chi connectivity index (χ0) is 26.4. The highest BCUT2D eigenvalue weighted by atomic mass is 35.5. The van der Waals surface area contributed by atoms with Crippen molar-refractivity contribution >= 4 is 46.6 Å². The molecule has 38 heavy (non-hydrogen) atoms. The van der Waals surface area contributed by atoms with Gasteiger partial charge < -0.3 is 20.3 Å². The minimum Gasteiger partial charge on any atom is -0.359 e. The third kappa shape index (κ3) is 4.40. The summed E-state index contributed by atoms with van der Waals surface area (Å²) in [4.78, 5) is 43.1. The molecule has 0 aromatic heterocycles. The van der Waals surface area contributed by atoms with E-state index >= 15 is 0 Å². The standard InChI is InChI=1S/C29H29Cl2N3O4/c30-18-8-6-17(7-9-18)16-34-25(27(36)33-20-4-2-1-3-5-20)29-15-14-22(38-29)23(24(29)28(34)37)26(35)32-21-12-10-19(31)11-13-21/h6-15,20,22-25H,1-5,16H2,(H,32,35)(H,33,36)/t22-,23+,24-,25+,29-/m1/s1. The topological polar surface area (TPSA) is 87.7 Å². The molecule has 2 aromatic carbocycles. The van der Waals surface area contributed by atoms with E-state index in [0.717, 1.165) is 31.2 Å². The number of carbonyl (C=O) groups excluding carboxylic acids is 3. The van der Waals surface area contributed by atoms with Crippen LogP contribution in [0.4, 0.5) is 5.69 Å². The predicted octanol–water partition coefficient (Wildman–Crippen LogP) is 4.73. The summed E-state index contributed by atoms with van der Waals surface area (Å²) < 4.78 is 6.42. The summed E-state index contributed by atoms with van der Waals surface area (Å²) in [7, 11) is 0. The molecule has 3 aliphatic heterocycles. The lowest BCUT2D eigenvalue weighted by molar-refractivity contribution is -0.142. The molecule has 1 spiro atoms. The number of benzene rings is 2. The van der Waals surface area contributed by atoms with Crippen molar-refractivity contribution < 1.29 is 19.1 Å². The summed E-state index contributed by atoms with van der Waals surface area (Å²) in [5, 5.41) is 7.26. The van der Waals surface area contributed by atoms with E-state index in [-0.39, 0.29) is 30.3 Å². The number of hydrogen-bond acceptors (Lipinski definition) is 4. The van der Waals surface area contributed by atoms with Gasteiger partial charge in [0.25, 0.3) is 0 Å². The van der Waals surface area contributed by atoms with E-state index in [1.807, 2.05) is 24.3 Å². The van der Waals surface area contributed by atoms with Gasteiger partial charge in [0, 0.05) is 28.3 Å². The molecule has 3 heterocycles. The Morgan fingerprint density at radius 3 is 2.29 bits per heavy atom. The van der Waals surface area contributed by atoms with Crippen LogP contribution in [0.2, 0.25) is 10.0 Å². The van der Waals surface area contributed by atoms with Crippen LogP contribution in [-0.2, 0) is 25.7 Å². The highest BCUT2D eigenvalue weighted by molar-refractivity contribution is 6.30. The van der Waals surface area contributed by atoms with Gasteiger partial charge >= 0.3 is 0 Å². The Kier molecular flexibility index (Phi) is 6.70. The van der Waals surface area contributed by atoms with Crippen molar-refractivity contribution in [3.8, 4) is 0 Å². The molecule has 0 radical (unpaired) electrons. The Bertz CT molecular complexity index is 1280. The van der Waals surface area contributed by atoms with Crippen molar-refractivity contribution in [2.45, 2.75) is 62.4 Å². The third-order valence-corrected chi connectivity index (χ3v) is 8.76. The lowest BCUT2D eigenvalue weighted by Crippen LogP contribution is -2.56. The Morgan fingerprint density at radius 1 is 0.947 bits per heavy atom. The number of ether oxygens (including phenoxy) is 1. The first-order chi connectivity index (χ1) is 18.4. The van der Waals surface area contributed by atoms with Crippen LogP contribution in [0.15, 0.2) is 60.7 Å². The smallest absolute Gasteiger partial charge is 0.246 e. The molecule has 2 aromatic rings. The number of nitrogens with zero attached hydrogens (tertiary/aromatic N) is 1. The minimum absolute atomic E-state index is 0.0748. The van der Waals surface area contributed by atoms with Crippen LogP contribution in [0, 0.1) is 11.8 Å². The molecule has 2 saturated heterocycles. The first-order valence-corrected chi connectivity index (χ1v) is 13.9. The number of likely N-dealkylation sites (tertiary alicyclic amines) is 1. The Morgan fingerprint density at radius 2 is 1.61 bits per heavy atom. The van der Waals surface area contributed by atoms with Gasteiger partial charge in [0.1, 0.15) is 11.6 Å². The Labute approximate surface area is 231 Å². The predicted molar refractivity (Wildman–Crippen MR) is 145 cm³/mol. The van der Waals surface area contributed by atoms with E-state index in [9.17, 15) is 14.4 Å². The Hall–Kier alpha value is -2.87. The quantitative estimate of drug-likeness (QED) is 0.506. The van der Waals surface area contributed by atoms with E-state index in [1.54, 1.807) is 41.3 Å². The number of nitrogens with one attached hydrogen (secondary N) is 2. The zero-order valence-electron chi connectivity index (χ0n) is 20.7. The molecule has 198 valence electrons. The number of amides is 3. The van der Waals surface area contributed by atoms with E-state index < -0.39 is 29.6 Å². The molecular formula is C29H29Cl2N3O4. The van der Waals surface area contributed by atoms with E-state index in [1.165, 1.54) is 6.42 Å². The van der Waals surface area contributed by atoms with Crippen molar-refractivity contribution in [2.75, 3.05) is 5.32 Å². The van der Waals surface area contributed by atoms with Gasteiger partial charge in [0.05, 0.1) is 17.9 Å². The van der Waals surface area contributed by atoms with Crippen LogP contribution >= 0.6 is 23.2 Å². The maximum atomic E-state index is 14.1. The molecule has 1 aliphatic carbocycles. The van der Waals surface area contributed by atoms with Crippen LogP contribution in [0.5, 0.6) is 0 Å². The van der Waals surface area contributed by atoms with Crippen molar-refractivity contribution in [1.82, 2.24) is 10.2 Å². The molecule has 5 atom stereocenters. The molecule has 6 rings (SSSR count). The average Bonchev–Trinajstić information content (AvgIpc) is 3.55. The summed E-state index contributed by atoms with van der Waals surface area (Å²) in [6.07, 6.45) is 8.23. The van der Waals surface area contributed by atoms with Crippen LogP contribution in [0.25, 0.3) is 0 Å². The molecule has 0 unspecified atom stereocenters. The number of anilines is 1. The molecule has 2 N–H and O–H groups in total. The van der Waals surface area contributed by atoms with Gasteiger partial charge in [-0.05, 0) is 54.8 Å². The maximum absolute atomic E-state index is 14.1. The minimum atomic E-state index is -1.20. The molecule has 3 amide bonds. The molecule has 9 heteroatoms. The van der Waals surface area contributed by atoms with Gasteiger partial charge in [-0.3, -0.25) is 14.4 Å². The van der Waals surface area contributed by atoms with Crippen molar-refractivity contribution in [2.24, 2.45) is 11.8 Å². The van der Waals surface area contributed by atoms with Gasteiger partial charge in [-0.25, -0.2) is 0 Å². The highest BCUT2D eigenvalue weighted by Gasteiger charge is 2.72.